The number of hydrogen-bond donors (Lipinski definition) is 1. The van der Waals surface area contributed by atoms with Crippen molar-refractivity contribution in [3.8, 4) is 0 Å². The van der Waals surface area contributed by atoms with Crippen molar-refractivity contribution in [2.45, 2.75) is 157 Å². The summed E-state index contributed by atoms with van der Waals surface area (Å²) in [6.07, 6.45) is 0. The van der Waals surface area contributed by atoms with Crippen molar-refractivity contribution in [3.63, 3.8) is 0 Å². The second-order valence-electron chi connectivity index (χ2n) is 19.4. The van der Waals surface area contributed by atoms with E-state index in [2.05, 4.69) is 179 Å². The van der Waals surface area contributed by atoms with Gasteiger partial charge in [-0.25, -0.2) is 4.89 Å². The Balaban J connectivity index is 2.68. The predicted octanol–water partition coefficient (Wildman–Crippen LogP) is 10.7. The number of hydrogen-bond acceptors (Lipinski definition) is 1. The molecule has 0 heterocycles. The van der Waals surface area contributed by atoms with Crippen LogP contribution in [0.2, 0.25) is 0 Å². The van der Waals surface area contributed by atoms with Crippen LogP contribution in [-0.2, 0) is 32.5 Å². The van der Waals surface area contributed by atoms with Crippen molar-refractivity contribution in [1.82, 2.24) is 0 Å². The Morgan fingerprint density at radius 2 is 0.432 bits per heavy atom. The van der Waals surface area contributed by atoms with E-state index in [0.717, 1.165) is 15.9 Å². The molecule has 0 saturated carbocycles. The number of benzene rings is 3. The van der Waals surface area contributed by atoms with E-state index in [4.69, 9.17) is 0 Å². The zero-order valence-electron chi connectivity index (χ0n) is 31.6. The third-order valence-corrected chi connectivity index (χ3v) is 12.1. The van der Waals surface area contributed by atoms with E-state index in [-0.39, 0.29) is 32.5 Å². The summed E-state index contributed by atoms with van der Waals surface area (Å²) < 4.78 is 0. The molecule has 0 aromatic heterocycles. The van der Waals surface area contributed by atoms with Crippen LogP contribution in [0, 0.1) is 0 Å². The van der Waals surface area contributed by atoms with Crippen LogP contribution in [0.25, 0.3) is 0 Å². The maximum absolute atomic E-state index is 13.9. The molecule has 44 heavy (non-hydrogen) atoms. The van der Waals surface area contributed by atoms with Gasteiger partial charge in [0.2, 0.25) is 7.49 Å². The molecule has 1 nitrogen and oxygen atoms in total. The van der Waals surface area contributed by atoms with Crippen molar-refractivity contribution in [2.75, 3.05) is 0 Å². The maximum Gasteiger partial charge on any atom is 0.238 e. The Morgan fingerprint density at radius 3 is 0.545 bits per heavy atom. The highest BCUT2D eigenvalue weighted by Crippen LogP contribution is 2.54. The van der Waals surface area contributed by atoms with Gasteiger partial charge in [0.05, 0.1) is 0 Å². The molecule has 1 N–H and O–H groups in total. The molecule has 3 rings (SSSR count). The molecule has 242 valence electrons. The molecule has 0 saturated heterocycles. The second kappa shape index (κ2) is 11.4. The fourth-order valence-corrected chi connectivity index (χ4v) is 8.29. The molecule has 0 aliphatic heterocycles. The van der Waals surface area contributed by atoms with Crippen LogP contribution in [0.5, 0.6) is 0 Å². The Bertz CT molecular complexity index is 1220. The SMILES string of the molecule is CC(C)(C)c1cc(C(C)(C)C)cc([P+](O)(c2cc(C(C)(C)C)cc(C(C)(C)C)c2)c2cc(C(C)(C)C)cc(C(C)(C)C)c2)c1. The molecular formula is C42H64OP+. The minimum absolute atomic E-state index is 0.0610. The smallest absolute Gasteiger partial charge is 0.235 e. The Labute approximate surface area is 272 Å². The highest BCUT2D eigenvalue weighted by Gasteiger charge is 2.48. The molecule has 0 aliphatic rings. The minimum atomic E-state index is -3.11. The van der Waals surface area contributed by atoms with Gasteiger partial charge in [0, 0.05) is 0 Å². The quantitative estimate of drug-likeness (QED) is 0.291. The zero-order valence-corrected chi connectivity index (χ0v) is 32.5. The monoisotopic (exact) mass is 615 g/mol. The van der Waals surface area contributed by atoms with Gasteiger partial charge in [-0.05, 0) is 102 Å². The van der Waals surface area contributed by atoms with E-state index in [0.29, 0.717) is 0 Å². The summed E-state index contributed by atoms with van der Waals surface area (Å²) in [5.74, 6) is 0. The molecule has 0 amide bonds. The topological polar surface area (TPSA) is 20.2 Å². The fraction of sp³-hybridized carbons (Fsp3) is 0.571. The first-order valence-corrected chi connectivity index (χ1v) is 18.3. The third-order valence-electron chi connectivity index (χ3n) is 9.07. The molecule has 0 unspecified atom stereocenters. The third kappa shape index (κ3) is 7.88. The van der Waals surface area contributed by atoms with Crippen molar-refractivity contribution < 1.29 is 4.89 Å². The van der Waals surface area contributed by atoms with Crippen LogP contribution in [0.4, 0.5) is 0 Å². The van der Waals surface area contributed by atoms with E-state index < -0.39 is 7.49 Å². The van der Waals surface area contributed by atoms with E-state index in [1.807, 2.05) is 0 Å². The van der Waals surface area contributed by atoms with Gasteiger partial charge >= 0.3 is 0 Å². The van der Waals surface area contributed by atoms with E-state index >= 15 is 0 Å². The molecule has 0 spiro atoms. The first-order valence-electron chi connectivity index (χ1n) is 16.6. The summed E-state index contributed by atoms with van der Waals surface area (Å²) in [5.41, 5.74) is 7.24. The summed E-state index contributed by atoms with van der Waals surface area (Å²) >= 11 is 0. The summed E-state index contributed by atoms with van der Waals surface area (Å²) in [6.45, 7) is 41.1. The van der Waals surface area contributed by atoms with Crippen LogP contribution in [0.1, 0.15) is 158 Å². The average molecular weight is 616 g/mol. The largest absolute Gasteiger partial charge is 0.238 e. The van der Waals surface area contributed by atoms with Gasteiger partial charge < -0.3 is 0 Å². The van der Waals surface area contributed by atoms with Gasteiger partial charge in [-0.15, -0.1) is 0 Å². The van der Waals surface area contributed by atoms with Crippen LogP contribution < -0.4 is 15.9 Å². The first kappa shape index (κ1) is 36.5. The molecule has 3 aromatic carbocycles. The average Bonchev–Trinajstić information content (AvgIpc) is 2.84. The maximum atomic E-state index is 13.9. The summed E-state index contributed by atoms with van der Waals surface area (Å²) in [6, 6.07) is 21.0. The summed E-state index contributed by atoms with van der Waals surface area (Å²) in [5, 5.41) is 3.14. The van der Waals surface area contributed by atoms with E-state index in [1.165, 1.54) is 33.4 Å². The van der Waals surface area contributed by atoms with Crippen molar-refractivity contribution in [1.29, 1.82) is 0 Å². The molecular weight excluding hydrogens is 551 g/mol. The normalized spacial score (nSPS) is 14.2. The Kier molecular flexibility index (Phi) is 9.45. The van der Waals surface area contributed by atoms with Crippen molar-refractivity contribution in [3.05, 3.63) is 88.0 Å². The van der Waals surface area contributed by atoms with Crippen LogP contribution in [0.15, 0.2) is 54.6 Å². The van der Waals surface area contributed by atoms with Crippen LogP contribution >= 0.6 is 7.49 Å². The molecule has 3 aromatic rings. The molecule has 0 bridgehead atoms. The summed E-state index contributed by atoms with van der Waals surface area (Å²) in [7, 11) is -3.11. The highest BCUT2D eigenvalue weighted by molar-refractivity contribution is 7.91. The van der Waals surface area contributed by atoms with Crippen molar-refractivity contribution >= 4 is 23.4 Å². The second-order valence-corrected chi connectivity index (χ2v) is 22.3. The Hall–Kier alpha value is -1.95. The van der Waals surface area contributed by atoms with Gasteiger partial charge in [-0.2, -0.15) is 0 Å². The lowest BCUT2D eigenvalue weighted by Gasteiger charge is -2.32. The van der Waals surface area contributed by atoms with Gasteiger partial charge in [0.15, 0.2) is 0 Å². The van der Waals surface area contributed by atoms with Gasteiger partial charge in [-0.1, -0.05) is 143 Å². The Morgan fingerprint density at radius 1 is 0.295 bits per heavy atom. The minimum Gasteiger partial charge on any atom is -0.235 e. The fourth-order valence-electron chi connectivity index (χ4n) is 5.44. The lowest BCUT2D eigenvalue weighted by atomic mass is 9.81. The first-order chi connectivity index (χ1) is 19.4. The molecule has 0 aliphatic carbocycles. The van der Waals surface area contributed by atoms with Gasteiger partial charge in [0.1, 0.15) is 15.9 Å². The molecule has 0 radical (unpaired) electrons. The molecule has 0 atom stereocenters. The van der Waals surface area contributed by atoms with Crippen molar-refractivity contribution in [2.24, 2.45) is 0 Å². The van der Waals surface area contributed by atoms with Gasteiger partial charge in [0.25, 0.3) is 0 Å². The number of rotatable bonds is 3. The van der Waals surface area contributed by atoms with Crippen LogP contribution in [0.3, 0.4) is 0 Å². The molecule has 0 fully saturated rings. The molecule has 2 heteroatoms. The summed E-state index contributed by atoms with van der Waals surface area (Å²) in [4.78, 5) is 13.9. The van der Waals surface area contributed by atoms with E-state index in [1.54, 1.807) is 0 Å². The zero-order chi connectivity index (χ0) is 34.1. The van der Waals surface area contributed by atoms with Gasteiger partial charge in [-0.3, -0.25) is 0 Å². The lowest BCUT2D eigenvalue weighted by Crippen LogP contribution is -2.36. The van der Waals surface area contributed by atoms with E-state index in [9.17, 15) is 4.89 Å². The standard InChI is InChI=1S/C42H64OP/c1-37(2,3)28-19-29(38(4,5)6)23-34(22-28)44(43,35-24-30(39(7,8)9)20-31(25-35)40(10,11)12)36-26-32(41(13,14)15)21-33(27-36)42(16,17)18/h19-27,43H,1-18H3/q+1. The van der Waals surface area contributed by atoms with Crippen LogP contribution in [-0.4, -0.2) is 4.89 Å². The highest BCUT2D eigenvalue weighted by atomic mass is 31.2. The lowest BCUT2D eigenvalue weighted by molar-refractivity contribution is 0.568. The predicted molar refractivity (Wildman–Crippen MR) is 200 cm³/mol.